The molecule has 3 saturated heterocycles. The van der Waals surface area contributed by atoms with Gasteiger partial charge in [-0.1, -0.05) is 22.0 Å². The predicted molar refractivity (Wildman–Crippen MR) is 102 cm³/mol. The Morgan fingerprint density at radius 1 is 1.18 bits per heavy atom. The molecule has 6 atom stereocenters. The van der Waals surface area contributed by atoms with Crippen molar-refractivity contribution in [1.82, 2.24) is 0 Å². The first kappa shape index (κ1) is 22.1. The molecule has 9 heteroatoms. The van der Waals surface area contributed by atoms with Crippen LogP contribution in [0.25, 0.3) is 0 Å². The van der Waals surface area contributed by atoms with Crippen molar-refractivity contribution in [3.05, 3.63) is 12.7 Å². The van der Waals surface area contributed by atoms with E-state index in [9.17, 15) is 4.79 Å². The van der Waals surface area contributed by atoms with Crippen molar-refractivity contribution in [1.29, 1.82) is 0 Å². The lowest BCUT2D eigenvalue weighted by Gasteiger charge is -2.37. The van der Waals surface area contributed by atoms with Crippen LogP contribution >= 0.6 is 15.9 Å². The highest BCUT2D eigenvalue weighted by Gasteiger charge is 2.69. The van der Waals surface area contributed by atoms with Gasteiger partial charge in [0.25, 0.3) is 0 Å². The molecule has 0 saturated carbocycles. The number of esters is 1. The summed E-state index contributed by atoms with van der Waals surface area (Å²) >= 11 is 3.42. The third-order valence-electron chi connectivity index (χ3n) is 4.84. The van der Waals surface area contributed by atoms with Crippen LogP contribution in [0.4, 0.5) is 0 Å². The van der Waals surface area contributed by atoms with E-state index in [4.69, 9.17) is 33.2 Å². The largest absolute Gasteiger partial charge is 0.465 e. The first-order valence-corrected chi connectivity index (χ1v) is 10.4. The molecule has 1 unspecified atom stereocenters. The number of halogens is 1. The molecule has 3 rings (SSSR count). The molecule has 0 aromatic carbocycles. The number of fused-ring (bicyclic) bond motifs is 1. The molecule has 3 fully saturated rings. The summed E-state index contributed by atoms with van der Waals surface area (Å²) in [6.07, 6.45) is -0.591. The van der Waals surface area contributed by atoms with Crippen LogP contribution in [0.15, 0.2) is 12.7 Å². The van der Waals surface area contributed by atoms with Gasteiger partial charge in [-0.15, -0.1) is 6.58 Å². The molecule has 0 bridgehead atoms. The van der Waals surface area contributed by atoms with Gasteiger partial charge in [-0.25, -0.2) is 0 Å². The van der Waals surface area contributed by atoms with E-state index < -0.39 is 52.6 Å². The van der Waals surface area contributed by atoms with Gasteiger partial charge in [-0.2, -0.15) is 0 Å². The van der Waals surface area contributed by atoms with Crippen molar-refractivity contribution in [3.63, 3.8) is 0 Å². The van der Waals surface area contributed by atoms with E-state index in [0.717, 1.165) is 0 Å². The number of hydrogen-bond acceptors (Lipinski definition) is 8. The summed E-state index contributed by atoms with van der Waals surface area (Å²) in [6.45, 7) is 13.4. The zero-order chi connectivity index (χ0) is 20.7. The second-order valence-electron chi connectivity index (χ2n) is 7.91. The van der Waals surface area contributed by atoms with Gasteiger partial charge in [0.1, 0.15) is 24.4 Å². The molecule has 8 nitrogen and oxygen atoms in total. The van der Waals surface area contributed by atoms with Crippen LogP contribution in [0.1, 0.15) is 34.6 Å². The maximum Gasteiger partial charge on any atom is 0.325 e. The minimum Gasteiger partial charge on any atom is -0.465 e. The molecular weight excluding hydrogens is 436 g/mol. The Labute approximate surface area is 173 Å². The van der Waals surface area contributed by atoms with Crippen LogP contribution in [0.5, 0.6) is 0 Å². The molecule has 0 aromatic heterocycles. The van der Waals surface area contributed by atoms with Gasteiger partial charge >= 0.3 is 5.97 Å². The number of alkyl halides is 1. The highest BCUT2D eigenvalue weighted by Crippen LogP contribution is 2.50. The number of carbonyl (C=O) groups is 1. The van der Waals surface area contributed by atoms with Crippen molar-refractivity contribution in [2.75, 3.05) is 19.8 Å². The van der Waals surface area contributed by atoms with Crippen LogP contribution in [0, 0.1) is 0 Å². The molecule has 0 aliphatic carbocycles. The number of carbonyl (C=O) groups excluding carboxylic acids is 1. The van der Waals surface area contributed by atoms with Gasteiger partial charge in [0.15, 0.2) is 16.4 Å². The van der Waals surface area contributed by atoms with Crippen molar-refractivity contribution >= 4 is 21.9 Å². The Morgan fingerprint density at radius 2 is 1.89 bits per heavy atom. The van der Waals surface area contributed by atoms with Crippen LogP contribution in [0.2, 0.25) is 0 Å². The molecule has 3 aliphatic rings. The molecule has 0 radical (unpaired) electrons. The highest BCUT2D eigenvalue weighted by molar-refractivity contribution is 9.10. The zero-order valence-corrected chi connectivity index (χ0v) is 18.5. The fourth-order valence-electron chi connectivity index (χ4n) is 3.81. The highest BCUT2D eigenvalue weighted by atomic mass is 79.9. The Morgan fingerprint density at radius 3 is 2.46 bits per heavy atom. The number of rotatable bonds is 7. The lowest BCUT2D eigenvalue weighted by atomic mass is 10.00. The lowest BCUT2D eigenvalue weighted by Crippen LogP contribution is -2.55. The van der Waals surface area contributed by atoms with Gasteiger partial charge in [0, 0.05) is 0 Å². The van der Waals surface area contributed by atoms with Crippen molar-refractivity contribution in [2.45, 2.75) is 81.2 Å². The summed E-state index contributed by atoms with van der Waals surface area (Å²) < 4.78 is 41.5. The average Bonchev–Trinajstić information content (AvgIpc) is 3.22. The standard InChI is InChI=1S/C19H29BrO8/c1-7-9-23-19(14(20)16(21)22-8-2)15-13(26-18(5,6)28-15)12(27-19)11-10-24-17(3,4)25-11/h7,11-15H,1,8-10H2,2-6H3/t11-,12-,13+,14?,15+,19-/m1/s1. The minimum atomic E-state index is -1.47. The van der Waals surface area contributed by atoms with E-state index in [0.29, 0.717) is 6.61 Å². The van der Waals surface area contributed by atoms with Gasteiger partial charge in [-0.05, 0) is 34.6 Å². The molecule has 0 aromatic rings. The third kappa shape index (κ3) is 4.03. The van der Waals surface area contributed by atoms with Crippen molar-refractivity contribution in [2.24, 2.45) is 0 Å². The van der Waals surface area contributed by atoms with Gasteiger partial charge in [-0.3, -0.25) is 4.79 Å². The Kier molecular flexibility index (Phi) is 6.28. The van der Waals surface area contributed by atoms with Crippen LogP contribution in [-0.2, 0) is 38.0 Å². The maximum atomic E-state index is 12.6. The Bertz CT molecular complexity index is 609. The van der Waals surface area contributed by atoms with Crippen LogP contribution in [0.3, 0.4) is 0 Å². The smallest absolute Gasteiger partial charge is 0.325 e. The normalized spacial score (nSPS) is 39.5. The molecular formula is C19H29BrO8. The Hall–Kier alpha value is -0.550. The second-order valence-corrected chi connectivity index (χ2v) is 8.82. The minimum absolute atomic E-state index is 0.148. The van der Waals surface area contributed by atoms with Crippen molar-refractivity contribution in [3.8, 4) is 0 Å². The van der Waals surface area contributed by atoms with Gasteiger partial charge in [0.05, 0.1) is 19.8 Å². The number of ether oxygens (including phenoxy) is 7. The summed E-state index contributed by atoms with van der Waals surface area (Å²) in [7, 11) is 0. The summed E-state index contributed by atoms with van der Waals surface area (Å²) in [5.74, 6) is -3.60. The topological polar surface area (TPSA) is 81.7 Å². The molecule has 160 valence electrons. The summed E-state index contributed by atoms with van der Waals surface area (Å²) in [4.78, 5) is 11.6. The van der Waals surface area contributed by atoms with E-state index in [1.165, 1.54) is 0 Å². The molecule has 3 aliphatic heterocycles. The quantitative estimate of drug-likeness (QED) is 0.322. The monoisotopic (exact) mass is 464 g/mol. The summed E-state index contributed by atoms with van der Waals surface area (Å²) in [5, 5.41) is 0. The summed E-state index contributed by atoms with van der Waals surface area (Å²) in [6, 6.07) is 0. The first-order valence-electron chi connectivity index (χ1n) is 9.46. The number of hydrogen-bond donors (Lipinski definition) is 0. The first-order chi connectivity index (χ1) is 13.1. The van der Waals surface area contributed by atoms with Gasteiger partial charge < -0.3 is 33.2 Å². The lowest BCUT2D eigenvalue weighted by molar-refractivity contribution is -0.297. The Balaban J connectivity index is 1.95. The van der Waals surface area contributed by atoms with Gasteiger partial charge in [0.2, 0.25) is 5.79 Å². The molecule has 0 spiro atoms. The molecule has 0 N–H and O–H groups in total. The molecule has 28 heavy (non-hydrogen) atoms. The van der Waals surface area contributed by atoms with E-state index in [-0.39, 0.29) is 13.2 Å². The third-order valence-corrected chi connectivity index (χ3v) is 5.85. The van der Waals surface area contributed by atoms with E-state index >= 15 is 0 Å². The van der Waals surface area contributed by atoms with Crippen molar-refractivity contribution < 1.29 is 38.0 Å². The molecule has 0 amide bonds. The van der Waals surface area contributed by atoms with E-state index in [2.05, 4.69) is 22.5 Å². The van der Waals surface area contributed by atoms with Crippen LogP contribution in [-0.4, -0.2) is 72.4 Å². The predicted octanol–water partition coefficient (Wildman–Crippen LogP) is 2.28. The SMILES string of the molecule is C=CCO[C@]1(C(Br)C(=O)OCC)O[C@H]([C@H]2COC(C)(C)O2)[C@@H]2OC(C)(C)O[C@@H]21. The van der Waals surface area contributed by atoms with E-state index in [1.807, 2.05) is 27.7 Å². The van der Waals surface area contributed by atoms with E-state index in [1.54, 1.807) is 13.0 Å². The average molecular weight is 465 g/mol. The zero-order valence-electron chi connectivity index (χ0n) is 16.9. The maximum absolute atomic E-state index is 12.6. The second kappa shape index (κ2) is 7.94. The fourth-order valence-corrected chi connectivity index (χ4v) is 4.45. The molecule has 3 heterocycles. The van der Waals surface area contributed by atoms with Crippen LogP contribution < -0.4 is 0 Å². The fraction of sp³-hybridized carbons (Fsp3) is 0.842. The summed E-state index contributed by atoms with van der Waals surface area (Å²) in [5.41, 5.74) is 0.